The number of fused-ring (bicyclic) bond motifs is 1. The fraction of sp³-hybridized carbons (Fsp3) is 0.0769. The predicted molar refractivity (Wildman–Crippen MR) is 71.6 cm³/mol. The van der Waals surface area contributed by atoms with Gasteiger partial charge in [0.1, 0.15) is 0 Å². The molecular weight excluding hydrogens is 252 g/mol. The van der Waals surface area contributed by atoms with E-state index in [9.17, 15) is 8.42 Å². The molecule has 18 heavy (non-hydrogen) atoms. The van der Waals surface area contributed by atoms with Gasteiger partial charge in [0.25, 0.3) is 0 Å². The highest BCUT2D eigenvalue weighted by Crippen LogP contribution is 2.11. The highest BCUT2D eigenvalue weighted by atomic mass is 32.3. The maximum absolute atomic E-state index is 9.68. The third-order valence-corrected chi connectivity index (χ3v) is 2.43. The first-order valence-corrected chi connectivity index (χ1v) is 6.56. The average molecular weight is 266 g/mol. The molecule has 0 radical (unpaired) electrons. The van der Waals surface area contributed by atoms with Gasteiger partial charge in [-0.25, -0.2) is 4.18 Å². The summed E-state index contributed by atoms with van der Waals surface area (Å²) >= 11 is 0. The number of hydrogen-bond donors (Lipinski definition) is 1. The summed E-state index contributed by atoms with van der Waals surface area (Å²) in [6, 6.07) is 16.7. The minimum Gasteiger partial charge on any atom is -0.264 e. The Balaban J connectivity index is 0.000000187. The van der Waals surface area contributed by atoms with Gasteiger partial charge in [-0.15, -0.1) is 6.58 Å². The zero-order valence-corrected chi connectivity index (χ0v) is 10.5. The van der Waals surface area contributed by atoms with E-state index < -0.39 is 10.4 Å². The van der Waals surface area contributed by atoms with Crippen molar-refractivity contribution in [2.75, 3.05) is 6.61 Å². The second kappa shape index (κ2) is 6.90. The first kappa shape index (κ1) is 14.4. The molecule has 0 fully saturated rings. The Morgan fingerprint density at radius 3 is 1.67 bits per heavy atom. The zero-order chi connectivity index (χ0) is 13.4. The molecular formula is C13H14O4S. The Labute approximate surface area is 106 Å². The molecule has 96 valence electrons. The molecule has 5 heteroatoms. The SMILES string of the molecule is C=CCOS(=O)(=O)O.c1ccc2ccccc2c1. The second-order valence-corrected chi connectivity index (χ2v) is 4.44. The van der Waals surface area contributed by atoms with Crippen LogP contribution < -0.4 is 0 Å². The highest BCUT2D eigenvalue weighted by molar-refractivity contribution is 7.80. The largest absolute Gasteiger partial charge is 0.397 e. The summed E-state index contributed by atoms with van der Waals surface area (Å²) in [6.07, 6.45) is 1.22. The van der Waals surface area contributed by atoms with Gasteiger partial charge in [-0.2, -0.15) is 8.42 Å². The quantitative estimate of drug-likeness (QED) is 0.685. The van der Waals surface area contributed by atoms with Gasteiger partial charge in [-0.05, 0) is 10.8 Å². The first-order chi connectivity index (χ1) is 8.53. The first-order valence-electron chi connectivity index (χ1n) is 5.19. The summed E-state index contributed by atoms with van der Waals surface area (Å²) in [5.74, 6) is 0. The minimum absolute atomic E-state index is 0.196. The molecule has 0 amide bonds. The summed E-state index contributed by atoms with van der Waals surface area (Å²) < 4.78 is 31.0. The second-order valence-electron chi connectivity index (χ2n) is 3.35. The number of hydrogen-bond acceptors (Lipinski definition) is 3. The summed E-state index contributed by atoms with van der Waals surface area (Å²) in [7, 11) is -4.26. The molecule has 0 saturated carbocycles. The van der Waals surface area contributed by atoms with Crippen molar-refractivity contribution >= 4 is 21.2 Å². The minimum atomic E-state index is -4.26. The summed E-state index contributed by atoms with van der Waals surface area (Å²) in [5, 5.41) is 2.62. The Bertz CT molecular complexity index is 540. The Kier molecular flexibility index (Phi) is 5.51. The Morgan fingerprint density at radius 1 is 1.06 bits per heavy atom. The van der Waals surface area contributed by atoms with Gasteiger partial charge in [0.05, 0.1) is 6.61 Å². The lowest BCUT2D eigenvalue weighted by Gasteiger charge is -1.92. The Hall–Kier alpha value is -1.69. The van der Waals surface area contributed by atoms with Crippen LogP contribution in [0.2, 0.25) is 0 Å². The molecule has 0 heterocycles. The van der Waals surface area contributed by atoms with Crippen LogP contribution in [0.3, 0.4) is 0 Å². The lowest BCUT2D eigenvalue weighted by atomic mass is 10.1. The number of benzene rings is 2. The molecule has 0 spiro atoms. The van der Waals surface area contributed by atoms with Gasteiger partial charge >= 0.3 is 10.4 Å². The van der Waals surface area contributed by atoms with Crippen LogP contribution in [0.4, 0.5) is 0 Å². The molecule has 1 N–H and O–H groups in total. The molecule has 0 aliphatic carbocycles. The standard InChI is InChI=1S/C10H8.C3H6O4S/c1-2-6-10-8-4-3-7-9(10)5-1;1-2-3-7-8(4,5)6/h1-8H;2H,1,3H2,(H,4,5,6). The van der Waals surface area contributed by atoms with E-state index in [4.69, 9.17) is 4.55 Å². The zero-order valence-electron chi connectivity index (χ0n) is 9.69. The van der Waals surface area contributed by atoms with E-state index in [1.807, 2.05) is 0 Å². The normalized spacial score (nSPS) is 10.5. The fourth-order valence-electron chi connectivity index (χ4n) is 1.27. The smallest absolute Gasteiger partial charge is 0.264 e. The molecule has 4 nitrogen and oxygen atoms in total. The van der Waals surface area contributed by atoms with Gasteiger partial charge in [0.2, 0.25) is 0 Å². The van der Waals surface area contributed by atoms with Crippen molar-refractivity contribution in [2.45, 2.75) is 0 Å². The third-order valence-electron chi connectivity index (χ3n) is 1.99. The fourth-order valence-corrected chi connectivity index (χ4v) is 1.54. The maximum Gasteiger partial charge on any atom is 0.397 e. The molecule has 0 aliphatic rings. The molecule has 0 aromatic heterocycles. The van der Waals surface area contributed by atoms with Crippen LogP contribution in [0.1, 0.15) is 0 Å². The van der Waals surface area contributed by atoms with Crippen molar-refractivity contribution in [3.05, 3.63) is 61.2 Å². The molecule has 2 aromatic carbocycles. The van der Waals surface area contributed by atoms with E-state index in [0.29, 0.717) is 0 Å². The summed E-state index contributed by atoms with van der Waals surface area (Å²) in [4.78, 5) is 0. The van der Waals surface area contributed by atoms with Crippen molar-refractivity contribution < 1.29 is 17.2 Å². The molecule has 0 saturated heterocycles. The van der Waals surface area contributed by atoms with Crippen molar-refractivity contribution in [3.8, 4) is 0 Å². The van der Waals surface area contributed by atoms with Crippen LogP contribution in [0, 0.1) is 0 Å². The topological polar surface area (TPSA) is 63.6 Å². The molecule has 0 aliphatic heterocycles. The average Bonchev–Trinajstić information content (AvgIpc) is 2.36. The van der Waals surface area contributed by atoms with Gasteiger partial charge < -0.3 is 0 Å². The van der Waals surface area contributed by atoms with E-state index in [1.54, 1.807) is 0 Å². The van der Waals surface area contributed by atoms with Crippen LogP contribution >= 0.6 is 0 Å². The monoisotopic (exact) mass is 266 g/mol. The van der Waals surface area contributed by atoms with Gasteiger partial charge in [-0.3, -0.25) is 4.55 Å². The van der Waals surface area contributed by atoms with E-state index >= 15 is 0 Å². The lowest BCUT2D eigenvalue weighted by Crippen LogP contribution is -2.02. The molecule has 0 bridgehead atoms. The van der Waals surface area contributed by atoms with E-state index in [0.717, 1.165) is 0 Å². The van der Waals surface area contributed by atoms with Gasteiger partial charge in [-0.1, -0.05) is 54.6 Å². The van der Waals surface area contributed by atoms with E-state index in [1.165, 1.54) is 16.8 Å². The number of rotatable bonds is 3. The van der Waals surface area contributed by atoms with E-state index in [2.05, 4.69) is 59.3 Å². The van der Waals surface area contributed by atoms with E-state index in [-0.39, 0.29) is 6.61 Å². The Morgan fingerprint density at radius 2 is 1.44 bits per heavy atom. The molecule has 0 atom stereocenters. The van der Waals surface area contributed by atoms with Crippen LogP contribution in [-0.4, -0.2) is 19.6 Å². The molecule has 2 aromatic rings. The van der Waals surface area contributed by atoms with Crippen molar-refractivity contribution in [1.29, 1.82) is 0 Å². The van der Waals surface area contributed by atoms with Gasteiger partial charge in [0.15, 0.2) is 0 Å². The van der Waals surface area contributed by atoms with Gasteiger partial charge in [0, 0.05) is 0 Å². The summed E-state index contributed by atoms with van der Waals surface area (Å²) in [5.41, 5.74) is 0. The van der Waals surface area contributed by atoms with Crippen LogP contribution in [-0.2, 0) is 14.6 Å². The predicted octanol–water partition coefficient (Wildman–Crippen LogP) is 2.83. The highest BCUT2D eigenvalue weighted by Gasteiger charge is 1.99. The van der Waals surface area contributed by atoms with Crippen LogP contribution in [0.15, 0.2) is 61.2 Å². The van der Waals surface area contributed by atoms with Crippen molar-refractivity contribution in [1.82, 2.24) is 0 Å². The molecule has 2 rings (SSSR count). The molecule has 0 unspecified atom stereocenters. The van der Waals surface area contributed by atoms with Crippen molar-refractivity contribution in [3.63, 3.8) is 0 Å². The van der Waals surface area contributed by atoms with Crippen LogP contribution in [0.5, 0.6) is 0 Å². The van der Waals surface area contributed by atoms with Crippen molar-refractivity contribution in [2.24, 2.45) is 0 Å². The maximum atomic E-state index is 9.68. The summed E-state index contributed by atoms with van der Waals surface area (Å²) in [6.45, 7) is 2.97. The third kappa shape index (κ3) is 5.58. The van der Waals surface area contributed by atoms with Crippen LogP contribution in [0.25, 0.3) is 10.8 Å². The lowest BCUT2D eigenvalue weighted by molar-refractivity contribution is 0.296.